The summed E-state index contributed by atoms with van der Waals surface area (Å²) in [7, 11) is 2.12. The Bertz CT molecular complexity index is 508. The van der Waals surface area contributed by atoms with Crippen LogP contribution < -0.4 is 10.6 Å². The normalized spacial score (nSPS) is 22.9. The molecule has 2 rings (SSSR count). The SMILES string of the molecule is CCNc1cc(C(=O)NC2CCN(C)C(C)C2)cc(Cl)n1. The van der Waals surface area contributed by atoms with Crippen LogP contribution in [-0.4, -0.2) is 48.0 Å². The van der Waals surface area contributed by atoms with Crippen LogP contribution in [0.15, 0.2) is 12.1 Å². The van der Waals surface area contributed by atoms with Crippen molar-refractivity contribution in [2.24, 2.45) is 0 Å². The quantitative estimate of drug-likeness (QED) is 0.838. The molecule has 116 valence electrons. The first-order valence-electron chi connectivity index (χ1n) is 7.42. The molecule has 1 fully saturated rings. The highest BCUT2D eigenvalue weighted by Crippen LogP contribution is 2.18. The molecule has 0 bridgehead atoms. The van der Waals surface area contributed by atoms with Gasteiger partial charge in [0.1, 0.15) is 11.0 Å². The summed E-state index contributed by atoms with van der Waals surface area (Å²) < 4.78 is 0. The van der Waals surface area contributed by atoms with E-state index in [-0.39, 0.29) is 11.9 Å². The Morgan fingerprint density at radius 1 is 1.52 bits per heavy atom. The zero-order valence-corrected chi connectivity index (χ0v) is 13.6. The Balaban J connectivity index is 2.03. The van der Waals surface area contributed by atoms with Gasteiger partial charge >= 0.3 is 0 Å². The Morgan fingerprint density at radius 2 is 2.29 bits per heavy atom. The molecule has 2 unspecified atom stereocenters. The van der Waals surface area contributed by atoms with E-state index < -0.39 is 0 Å². The molecule has 1 amide bonds. The lowest BCUT2D eigenvalue weighted by Gasteiger charge is -2.35. The van der Waals surface area contributed by atoms with Crippen molar-refractivity contribution in [1.82, 2.24) is 15.2 Å². The van der Waals surface area contributed by atoms with E-state index in [1.165, 1.54) is 0 Å². The largest absolute Gasteiger partial charge is 0.370 e. The van der Waals surface area contributed by atoms with E-state index in [0.29, 0.717) is 22.6 Å². The Labute approximate surface area is 131 Å². The molecule has 2 heterocycles. The molecular formula is C15H23ClN4O. The molecule has 0 saturated carbocycles. The number of hydrogen-bond donors (Lipinski definition) is 2. The van der Waals surface area contributed by atoms with Crippen LogP contribution in [0.25, 0.3) is 0 Å². The van der Waals surface area contributed by atoms with Crippen LogP contribution in [-0.2, 0) is 0 Å². The third-order valence-electron chi connectivity index (χ3n) is 3.96. The fourth-order valence-corrected chi connectivity index (χ4v) is 2.80. The molecule has 5 nitrogen and oxygen atoms in total. The maximum absolute atomic E-state index is 12.4. The van der Waals surface area contributed by atoms with Crippen LogP contribution in [0.5, 0.6) is 0 Å². The maximum Gasteiger partial charge on any atom is 0.251 e. The summed E-state index contributed by atoms with van der Waals surface area (Å²) in [6.45, 7) is 5.90. The zero-order valence-electron chi connectivity index (χ0n) is 12.8. The number of nitrogens with zero attached hydrogens (tertiary/aromatic N) is 2. The number of pyridine rings is 1. The van der Waals surface area contributed by atoms with E-state index in [2.05, 4.69) is 34.5 Å². The van der Waals surface area contributed by atoms with Gasteiger partial charge in [0.2, 0.25) is 0 Å². The van der Waals surface area contributed by atoms with Crippen LogP contribution in [0, 0.1) is 0 Å². The molecule has 1 aliphatic rings. The fraction of sp³-hybridized carbons (Fsp3) is 0.600. The highest BCUT2D eigenvalue weighted by atomic mass is 35.5. The van der Waals surface area contributed by atoms with E-state index in [9.17, 15) is 4.79 Å². The molecule has 1 aliphatic heterocycles. The number of amides is 1. The molecule has 1 saturated heterocycles. The summed E-state index contributed by atoms with van der Waals surface area (Å²) in [5.74, 6) is 0.548. The summed E-state index contributed by atoms with van der Waals surface area (Å²) in [5, 5.41) is 6.51. The number of aromatic nitrogens is 1. The van der Waals surface area contributed by atoms with Crippen molar-refractivity contribution >= 4 is 23.3 Å². The van der Waals surface area contributed by atoms with Gasteiger partial charge in [-0.2, -0.15) is 0 Å². The number of piperidine rings is 1. The zero-order chi connectivity index (χ0) is 15.4. The Hall–Kier alpha value is -1.33. The van der Waals surface area contributed by atoms with Crippen LogP contribution in [0.4, 0.5) is 5.82 Å². The van der Waals surface area contributed by atoms with Crippen LogP contribution in [0.1, 0.15) is 37.0 Å². The minimum Gasteiger partial charge on any atom is -0.370 e. The van der Waals surface area contributed by atoms with Crippen molar-refractivity contribution in [2.75, 3.05) is 25.5 Å². The molecule has 0 radical (unpaired) electrons. The summed E-state index contributed by atoms with van der Waals surface area (Å²) in [6.07, 6.45) is 1.95. The molecule has 0 aliphatic carbocycles. The second-order valence-electron chi connectivity index (χ2n) is 5.62. The topological polar surface area (TPSA) is 57.3 Å². The van der Waals surface area contributed by atoms with Crippen LogP contribution in [0.3, 0.4) is 0 Å². The van der Waals surface area contributed by atoms with Gasteiger partial charge in [-0.25, -0.2) is 4.98 Å². The smallest absolute Gasteiger partial charge is 0.251 e. The summed E-state index contributed by atoms with van der Waals surface area (Å²) in [4.78, 5) is 18.8. The lowest BCUT2D eigenvalue weighted by molar-refractivity contribution is 0.0896. The average molecular weight is 311 g/mol. The molecule has 21 heavy (non-hydrogen) atoms. The maximum atomic E-state index is 12.4. The summed E-state index contributed by atoms with van der Waals surface area (Å²) in [6, 6.07) is 4.06. The van der Waals surface area contributed by atoms with E-state index in [0.717, 1.165) is 25.9 Å². The van der Waals surface area contributed by atoms with Crippen molar-refractivity contribution in [3.05, 3.63) is 22.8 Å². The second kappa shape index (κ2) is 7.09. The fourth-order valence-electron chi connectivity index (χ4n) is 2.59. The number of carbonyl (C=O) groups excluding carboxylic acids is 1. The first-order valence-corrected chi connectivity index (χ1v) is 7.80. The van der Waals surface area contributed by atoms with Gasteiger partial charge in [0, 0.05) is 30.7 Å². The number of halogens is 1. The molecule has 0 spiro atoms. The standard InChI is InChI=1S/C15H23ClN4O/c1-4-17-14-9-11(8-13(16)19-14)15(21)18-12-5-6-20(3)10(2)7-12/h8-10,12H,4-7H2,1-3H3,(H,17,19)(H,18,21). The van der Waals surface area contributed by atoms with Crippen molar-refractivity contribution in [3.8, 4) is 0 Å². The number of rotatable bonds is 4. The predicted molar refractivity (Wildman–Crippen MR) is 86.0 cm³/mol. The highest BCUT2D eigenvalue weighted by Gasteiger charge is 2.24. The molecule has 2 N–H and O–H groups in total. The van der Waals surface area contributed by atoms with Gasteiger partial charge in [-0.15, -0.1) is 0 Å². The highest BCUT2D eigenvalue weighted by molar-refractivity contribution is 6.29. The van der Waals surface area contributed by atoms with Crippen molar-refractivity contribution in [2.45, 2.75) is 38.8 Å². The lowest BCUT2D eigenvalue weighted by atomic mass is 9.98. The van der Waals surface area contributed by atoms with Gasteiger partial charge in [-0.05, 0) is 45.9 Å². The van der Waals surface area contributed by atoms with Crippen LogP contribution in [0.2, 0.25) is 5.15 Å². The Kier molecular flexibility index (Phi) is 5.42. The van der Waals surface area contributed by atoms with Crippen molar-refractivity contribution < 1.29 is 4.79 Å². The number of nitrogens with one attached hydrogen (secondary N) is 2. The minimum atomic E-state index is -0.0831. The summed E-state index contributed by atoms with van der Waals surface area (Å²) in [5.41, 5.74) is 0.553. The van der Waals surface area contributed by atoms with E-state index in [1.807, 2.05) is 6.92 Å². The van der Waals surface area contributed by atoms with Gasteiger partial charge in [0.15, 0.2) is 0 Å². The number of likely N-dealkylation sites (tertiary alicyclic amines) is 1. The predicted octanol–water partition coefficient (Wildman–Crippen LogP) is 2.38. The Morgan fingerprint density at radius 3 is 2.95 bits per heavy atom. The third kappa shape index (κ3) is 4.32. The van der Waals surface area contributed by atoms with E-state index in [4.69, 9.17) is 11.6 Å². The third-order valence-corrected chi connectivity index (χ3v) is 4.15. The van der Waals surface area contributed by atoms with Gasteiger partial charge < -0.3 is 15.5 Å². The number of hydrogen-bond acceptors (Lipinski definition) is 4. The second-order valence-corrected chi connectivity index (χ2v) is 6.01. The molecule has 0 aromatic carbocycles. The molecule has 1 aromatic rings. The lowest BCUT2D eigenvalue weighted by Crippen LogP contribution is -2.47. The van der Waals surface area contributed by atoms with Gasteiger partial charge in [0.25, 0.3) is 5.91 Å². The van der Waals surface area contributed by atoms with Gasteiger partial charge in [0.05, 0.1) is 0 Å². The van der Waals surface area contributed by atoms with Crippen LogP contribution >= 0.6 is 11.6 Å². The van der Waals surface area contributed by atoms with Gasteiger partial charge in [-0.1, -0.05) is 11.6 Å². The summed E-state index contributed by atoms with van der Waals surface area (Å²) >= 11 is 5.98. The first-order chi connectivity index (χ1) is 9.99. The van der Waals surface area contributed by atoms with Crippen molar-refractivity contribution in [3.63, 3.8) is 0 Å². The van der Waals surface area contributed by atoms with E-state index in [1.54, 1.807) is 12.1 Å². The monoisotopic (exact) mass is 310 g/mol. The molecule has 2 atom stereocenters. The average Bonchev–Trinajstić information content (AvgIpc) is 2.42. The molecule has 6 heteroatoms. The first kappa shape index (κ1) is 16.0. The molecule has 1 aromatic heterocycles. The molecular weight excluding hydrogens is 288 g/mol. The van der Waals surface area contributed by atoms with E-state index >= 15 is 0 Å². The minimum absolute atomic E-state index is 0.0831. The van der Waals surface area contributed by atoms with Gasteiger partial charge in [-0.3, -0.25) is 4.79 Å². The van der Waals surface area contributed by atoms with Crippen molar-refractivity contribution in [1.29, 1.82) is 0 Å². The number of anilines is 1. The number of carbonyl (C=O) groups is 1.